The van der Waals surface area contributed by atoms with Gasteiger partial charge in [0.1, 0.15) is 5.71 Å². The van der Waals surface area contributed by atoms with Crippen LogP contribution in [0.1, 0.15) is 17.0 Å². The molecule has 0 saturated carbocycles. The molecule has 2 unspecified atom stereocenters. The number of hydrogen-bond acceptors (Lipinski definition) is 5. The minimum absolute atomic E-state index is 0.263. The number of nitro groups is 1. The van der Waals surface area contributed by atoms with Gasteiger partial charge in [0.05, 0.1) is 5.92 Å². The lowest BCUT2D eigenvalue weighted by molar-refractivity contribution is -0.485. The minimum Gasteiger partial charge on any atom is -0.314 e. The van der Waals surface area contributed by atoms with E-state index in [1.165, 1.54) is 0 Å². The van der Waals surface area contributed by atoms with Gasteiger partial charge in [-0.25, -0.2) is 9.18 Å². The Hall–Kier alpha value is -2.61. The van der Waals surface area contributed by atoms with Gasteiger partial charge in [0.15, 0.2) is 0 Å². The van der Waals surface area contributed by atoms with Crippen molar-refractivity contribution >= 4 is 27.6 Å². The molecule has 1 heterocycles. The molecule has 128 valence electrons. The van der Waals surface area contributed by atoms with Crippen LogP contribution >= 0.6 is 15.9 Å². The molecule has 1 aliphatic heterocycles. The van der Waals surface area contributed by atoms with Crippen molar-refractivity contribution in [2.24, 2.45) is 5.16 Å². The summed E-state index contributed by atoms with van der Waals surface area (Å²) in [6.45, 7) is -0.773. The molecule has 0 bridgehead atoms. The number of carbonyl (C=O) groups excluding carboxylic acids is 1. The van der Waals surface area contributed by atoms with Gasteiger partial charge in [0.25, 0.3) is 5.67 Å². The maximum absolute atomic E-state index is 15.9. The summed E-state index contributed by atoms with van der Waals surface area (Å²) in [6.07, 6.45) is 0. The summed E-state index contributed by atoms with van der Waals surface area (Å²) in [7, 11) is 0. The van der Waals surface area contributed by atoms with E-state index in [4.69, 9.17) is 0 Å². The Morgan fingerprint density at radius 2 is 1.84 bits per heavy atom. The predicted molar refractivity (Wildman–Crippen MR) is 91.7 cm³/mol. The Balaban J connectivity index is 2.10. The van der Waals surface area contributed by atoms with Crippen molar-refractivity contribution in [1.29, 1.82) is 0 Å². The summed E-state index contributed by atoms with van der Waals surface area (Å²) in [6, 6.07) is 14.5. The first kappa shape index (κ1) is 17.2. The number of halogens is 2. The Morgan fingerprint density at radius 3 is 2.44 bits per heavy atom. The van der Waals surface area contributed by atoms with E-state index in [9.17, 15) is 14.9 Å². The molecule has 2 atom stereocenters. The van der Waals surface area contributed by atoms with Gasteiger partial charge >= 0.3 is 5.97 Å². The van der Waals surface area contributed by atoms with Crippen molar-refractivity contribution in [3.8, 4) is 0 Å². The van der Waals surface area contributed by atoms with Gasteiger partial charge in [-0.1, -0.05) is 63.6 Å². The quantitative estimate of drug-likeness (QED) is 0.432. The molecule has 6 nitrogen and oxygen atoms in total. The molecule has 3 rings (SSSR count). The molecule has 8 heteroatoms. The van der Waals surface area contributed by atoms with Crippen LogP contribution in [0.3, 0.4) is 0 Å². The number of rotatable bonds is 5. The van der Waals surface area contributed by atoms with Gasteiger partial charge < -0.3 is 4.84 Å². The van der Waals surface area contributed by atoms with Crippen molar-refractivity contribution in [2.45, 2.75) is 11.6 Å². The summed E-state index contributed by atoms with van der Waals surface area (Å²) in [5.74, 6) is -2.61. The first-order valence-corrected chi connectivity index (χ1v) is 8.13. The number of carbonyl (C=O) groups is 1. The standard InChI is InChI=1S/C17H12BrFN2O4/c18-13-8-6-12(7-9-13)15-17(19,16(22)25-20-15)14(10-21(23)24)11-4-2-1-3-5-11/h1-9,14H,10H2. The van der Waals surface area contributed by atoms with Crippen molar-refractivity contribution in [2.75, 3.05) is 6.54 Å². The average molecular weight is 407 g/mol. The molecule has 0 amide bonds. The third-order valence-corrected chi connectivity index (χ3v) is 4.52. The van der Waals surface area contributed by atoms with E-state index < -0.39 is 29.0 Å². The van der Waals surface area contributed by atoms with Crippen molar-refractivity contribution in [3.63, 3.8) is 0 Å². The Bertz CT molecular complexity index is 841. The number of oxime groups is 1. The van der Waals surface area contributed by atoms with E-state index in [0.29, 0.717) is 11.1 Å². The lowest BCUT2D eigenvalue weighted by Gasteiger charge is -2.25. The van der Waals surface area contributed by atoms with Crippen molar-refractivity contribution in [3.05, 3.63) is 80.3 Å². The van der Waals surface area contributed by atoms with E-state index >= 15 is 4.39 Å². The highest BCUT2D eigenvalue weighted by Crippen LogP contribution is 2.40. The summed E-state index contributed by atoms with van der Waals surface area (Å²) in [5.41, 5.74) is -2.37. The summed E-state index contributed by atoms with van der Waals surface area (Å²) < 4.78 is 16.7. The summed E-state index contributed by atoms with van der Waals surface area (Å²) in [4.78, 5) is 27.3. The fraction of sp³-hybridized carbons (Fsp3) is 0.176. The molecule has 0 radical (unpaired) electrons. The van der Waals surface area contributed by atoms with Gasteiger partial charge in [-0.15, -0.1) is 0 Å². The lowest BCUT2D eigenvalue weighted by Crippen LogP contribution is -2.47. The van der Waals surface area contributed by atoms with Crippen LogP contribution in [-0.4, -0.2) is 28.8 Å². The Kier molecular flexibility index (Phi) is 4.63. The van der Waals surface area contributed by atoms with E-state index in [1.807, 2.05) is 0 Å². The second kappa shape index (κ2) is 6.72. The zero-order valence-electron chi connectivity index (χ0n) is 12.8. The Labute approximate surface area is 150 Å². The van der Waals surface area contributed by atoms with Gasteiger partial charge in [-0.2, -0.15) is 0 Å². The van der Waals surface area contributed by atoms with E-state index in [2.05, 4.69) is 25.9 Å². The fourth-order valence-corrected chi connectivity index (χ4v) is 3.05. The second-order valence-corrected chi connectivity index (χ2v) is 6.43. The number of nitrogens with zero attached hydrogens (tertiary/aromatic N) is 2. The highest BCUT2D eigenvalue weighted by molar-refractivity contribution is 9.10. The van der Waals surface area contributed by atoms with E-state index in [0.717, 1.165) is 4.47 Å². The molecule has 0 aromatic heterocycles. The molecule has 0 saturated heterocycles. The van der Waals surface area contributed by atoms with E-state index in [1.54, 1.807) is 54.6 Å². The van der Waals surface area contributed by atoms with Crippen LogP contribution in [-0.2, 0) is 9.63 Å². The van der Waals surface area contributed by atoms with Crippen LogP contribution in [0.5, 0.6) is 0 Å². The van der Waals surface area contributed by atoms with Gasteiger partial charge in [-0.3, -0.25) is 10.1 Å². The molecule has 1 aliphatic rings. The maximum atomic E-state index is 15.9. The SMILES string of the molecule is O=C1ON=C(c2ccc(Br)cc2)C1(F)C(C[N+](=O)[O-])c1ccccc1. The lowest BCUT2D eigenvalue weighted by atomic mass is 9.78. The number of benzene rings is 2. The molecule has 0 N–H and O–H groups in total. The molecule has 25 heavy (non-hydrogen) atoms. The molecular formula is C17H12BrFN2O4. The normalized spacial score (nSPS) is 20.7. The van der Waals surface area contributed by atoms with Crippen molar-refractivity contribution < 1.29 is 18.9 Å². The molecular weight excluding hydrogens is 395 g/mol. The van der Waals surface area contributed by atoms with Crippen LogP contribution in [0.15, 0.2) is 64.2 Å². The van der Waals surface area contributed by atoms with Crippen molar-refractivity contribution in [1.82, 2.24) is 0 Å². The predicted octanol–water partition coefficient (Wildman–Crippen LogP) is 3.48. The van der Waals surface area contributed by atoms with Crippen LogP contribution in [0.4, 0.5) is 4.39 Å². The third kappa shape index (κ3) is 3.17. The van der Waals surface area contributed by atoms with Gasteiger partial charge in [0, 0.05) is 15.0 Å². The Morgan fingerprint density at radius 1 is 1.20 bits per heavy atom. The monoisotopic (exact) mass is 406 g/mol. The number of alkyl halides is 1. The molecule has 2 aromatic rings. The first-order valence-electron chi connectivity index (χ1n) is 7.34. The zero-order valence-corrected chi connectivity index (χ0v) is 14.3. The van der Waals surface area contributed by atoms with Crippen LogP contribution in [0.2, 0.25) is 0 Å². The van der Waals surface area contributed by atoms with Crippen LogP contribution in [0, 0.1) is 10.1 Å². The largest absolute Gasteiger partial charge is 0.379 e. The second-order valence-electron chi connectivity index (χ2n) is 5.52. The highest BCUT2D eigenvalue weighted by atomic mass is 79.9. The van der Waals surface area contributed by atoms with Gasteiger partial charge in [-0.05, 0) is 17.7 Å². The van der Waals surface area contributed by atoms with E-state index in [-0.39, 0.29) is 5.71 Å². The highest BCUT2D eigenvalue weighted by Gasteiger charge is 2.59. The topological polar surface area (TPSA) is 81.8 Å². The minimum atomic E-state index is -2.75. The van der Waals surface area contributed by atoms with Crippen LogP contribution in [0.25, 0.3) is 0 Å². The van der Waals surface area contributed by atoms with Crippen LogP contribution < -0.4 is 0 Å². The molecule has 0 fully saturated rings. The molecule has 0 spiro atoms. The van der Waals surface area contributed by atoms with Gasteiger partial charge in [0.2, 0.25) is 6.54 Å². The summed E-state index contributed by atoms with van der Waals surface area (Å²) >= 11 is 3.27. The third-order valence-electron chi connectivity index (χ3n) is 3.99. The first-order chi connectivity index (χ1) is 11.9. The number of hydrogen-bond donors (Lipinski definition) is 0. The fourth-order valence-electron chi connectivity index (χ4n) is 2.79. The molecule has 2 aromatic carbocycles. The maximum Gasteiger partial charge on any atom is 0.379 e. The average Bonchev–Trinajstić information content (AvgIpc) is 2.90. The molecule has 0 aliphatic carbocycles. The summed E-state index contributed by atoms with van der Waals surface area (Å²) in [5, 5.41) is 14.7. The zero-order chi connectivity index (χ0) is 18.0. The smallest absolute Gasteiger partial charge is 0.314 e.